The minimum absolute atomic E-state index is 0.431. The van der Waals surface area contributed by atoms with E-state index < -0.39 is 5.97 Å². The zero-order chi connectivity index (χ0) is 15.8. The molecule has 0 radical (unpaired) electrons. The van der Waals surface area contributed by atoms with E-state index in [2.05, 4.69) is 0 Å². The number of carbonyl (C=O) groups is 1. The summed E-state index contributed by atoms with van der Waals surface area (Å²) in [6, 6.07) is 17.4. The predicted molar refractivity (Wildman–Crippen MR) is 87.7 cm³/mol. The summed E-state index contributed by atoms with van der Waals surface area (Å²) >= 11 is 0. The fraction of sp³-hybridized carbons (Fsp3) is 0.211. The van der Waals surface area contributed by atoms with Crippen molar-refractivity contribution in [1.29, 1.82) is 0 Å². The van der Waals surface area contributed by atoms with Gasteiger partial charge in [-0.1, -0.05) is 55.8 Å². The molecule has 0 atom stereocenters. The van der Waals surface area contributed by atoms with Crippen LogP contribution in [0.1, 0.15) is 30.9 Å². The second-order valence-corrected chi connectivity index (χ2v) is 5.07. The molecule has 1 N–H and O–H groups in total. The number of ether oxygens (including phenoxy) is 1. The lowest BCUT2D eigenvalue weighted by atomic mass is 10.1. The summed E-state index contributed by atoms with van der Waals surface area (Å²) < 4.78 is 5.71. The van der Waals surface area contributed by atoms with Gasteiger partial charge in [-0.15, -0.1) is 0 Å². The van der Waals surface area contributed by atoms with Crippen LogP contribution in [0.15, 0.2) is 60.2 Å². The van der Waals surface area contributed by atoms with E-state index in [9.17, 15) is 4.79 Å². The van der Waals surface area contributed by atoms with Crippen LogP contribution in [0.2, 0.25) is 0 Å². The highest BCUT2D eigenvalue weighted by atomic mass is 16.5. The Hall–Kier alpha value is -2.55. The molecule has 0 amide bonds. The minimum atomic E-state index is -0.855. The third kappa shape index (κ3) is 4.77. The first-order chi connectivity index (χ1) is 10.7. The maximum absolute atomic E-state index is 11.1. The highest BCUT2D eigenvalue weighted by Gasteiger charge is 2.05. The van der Waals surface area contributed by atoms with Crippen molar-refractivity contribution in [3.8, 4) is 5.75 Å². The first kappa shape index (κ1) is 15.8. The van der Waals surface area contributed by atoms with Gasteiger partial charge in [0.1, 0.15) is 12.4 Å². The zero-order valence-corrected chi connectivity index (χ0v) is 12.7. The standard InChI is InChI=1S/C19H20O3/c1-2-6-17(19(20)21)13-15-9-11-18(12-10-15)22-14-16-7-4-3-5-8-16/h3-5,7-13H,2,6,14H2,1H3,(H,20,21). The van der Waals surface area contributed by atoms with Gasteiger partial charge in [0.2, 0.25) is 0 Å². The molecule has 114 valence electrons. The number of carboxylic acids is 1. The molecule has 0 bridgehead atoms. The Morgan fingerprint density at radius 3 is 2.36 bits per heavy atom. The van der Waals surface area contributed by atoms with Gasteiger partial charge in [-0.2, -0.15) is 0 Å². The van der Waals surface area contributed by atoms with Crippen LogP contribution < -0.4 is 4.74 Å². The van der Waals surface area contributed by atoms with E-state index in [1.807, 2.05) is 61.5 Å². The van der Waals surface area contributed by atoms with Gasteiger partial charge in [-0.05, 0) is 35.8 Å². The van der Waals surface area contributed by atoms with E-state index in [0.717, 1.165) is 23.3 Å². The molecule has 0 fully saturated rings. The van der Waals surface area contributed by atoms with Crippen molar-refractivity contribution in [2.45, 2.75) is 26.4 Å². The quantitative estimate of drug-likeness (QED) is 0.763. The molecular formula is C19H20O3. The van der Waals surface area contributed by atoms with Gasteiger partial charge >= 0.3 is 5.97 Å². The normalized spacial score (nSPS) is 11.2. The number of aliphatic carboxylic acids is 1. The first-order valence-electron chi connectivity index (χ1n) is 7.39. The molecular weight excluding hydrogens is 276 g/mol. The Bertz CT molecular complexity index is 627. The van der Waals surface area contributed by atoms with Crippen LogP contribution in [-0.2, 0) is 11.4 Å². The molecule has 3 nitrogen and oxygen atoms in total. The maximum atomic E-state index is 11.1. The number of hydrogen-bond acceptors (Lipinski definition) is 2. The van der Waals surface area contributed by atoms with Crippen LogP contribution in [0, 0.1) is 0 Å². The lowest BCUT2D eigenvalue weighted by molar-refractivity contribution is -0.132. The van der Waals surface area contributed by atoms with E-state index in [4.69, 9.17) is 9.84 Å². The molecule has 2 aromatic rings. The molecule has 2 rings (SSSR count). The molecule has 0 heterocycles. The van der Waals surface area contributed by atoms with Crippen molar-refractivity contribution in [2.75, 3.05) is 0 Å². The lowest BCUT2D eigenvalue weighted by Gasteiger charge is -2.07. The van der Waals surface area contributed by atoms with Crippen molar-refractivity contribution >= 4 is 12.0 Å². The fourth-order valence-corrected chi connectivity index (χ4v) is 2.11. The van der Waals surface area contributed by atoms with Crippen LogP contribution in [0.3, 0.4) is 0 Å². The summed E-state index contributed by atoms with van der Waals surface area (Å²) in [4.78, 5) is 11.1. The van der Waals surface area contributed by atoms with Gasteiger partial charge < -0.3 is 9.84 Å². The maximum Gasteiger partial charge on any atom is 0.331 e. The predicted octanol–water partition coefficient (Wildman–Crippen LogP) is 4.53. The fourth-order valence-electron chi connectivity index (χ4n) is 2.11. The molecule has 22 heavy (non-hydrogen) atoms. The summed E-state index contributed by atoms with van der Waals surface area (Å²) in [6.07, 6.45) is 3.10. The number of hydrogen-bond donors (Lipinski definition) is 1. The third-order valence-corrected chi connectivity index (χ3v) is 3.26. The zero-order valence-electron chi connectivity index (χ0n) is 12.7. The second-order valence-electron chi connectivity index (χ2n) is 5.07. The SMILES string of the molecule is CCCC(=Cc1ccc(OCc2ccccc2)cc1)C(=O)O. The van der Waals surface area contributed by atoms with Gasteiger partial charge in [0, 0.05) is 5.57 Å². The van der Waals surface area contributed by atoms with Crippen molar-refractivity contribution in [2.24, 2.45) is 0 Å². The molecule has 0 aliphatic rings. The van der Waals surface area contributed by atoms with Gasteiger partial charge in [0.25, 0.3) is 0 Å². The Kier molecular flexibility index (Phi) is 5.78. The van der Waals surface area contributed by atoms with Gasteiger partial charge in [0.15, 0.2) is 0 Å². The molecule has 0 aliphatic heterocycles. The highest BCUT2D eigenvalue weighted by Crippen LogP contribution is 2.17. The van der Waals surface area contributed by atoms with Crippen molar-refractivity contribution < 1.29 is 14.6 Å². The van der Waals surface area contributed by atoms with E-state index >= 15 is 0 Å². The molecule has 0 unspecified atom stereocenters. The van der Waals surface area contributed by atoms with Crippen molar-refractivity contribution in [1.82, 2.24) is 0 Å². The number of rotatable bonds is 7. The summed E-state index contributed by atoms with van der Waals surface area (Å²) in [5.41, 5.74) is 2.42. The summed E-state index contributed by atoms with van der Waals surface area (Å²) in [6.45, 7) is 2.49. The Morgan fingerprint density at radius 1 is 1.09 bits per heavy atom. The molecule has 0 aromatic heterocycles. The first-order valence-corrected chi connectivity index (χ1v) is 7.39. The van der Waals surface area contributed by atoms with Crippen molar-refractivity contribution in [3.05, 3.63) is 71.3 Å². The monoisotopic (exact) mass is 296 g/mol. The van der Waals surface area contributed by atoms with E-state index in [-0.39, 0.29) is 0 Å². The van der Waals surface area contributed by atoms with Gasteiger partial charge in [0.05, 0.1) is 0 Å². The van der Waals surface area contributed by atoms with Crippen LogP contribution in [-0.4, -0.2) is 11.1 Å². The topological polar surface area (TPSA) is 46.5 Å². The second kappa shape index (κ2) is 8.03. The molecule has 3 heteroatoms. The number of benzene rings is 2. The third-order valence-electron chi connectivity index (χ3n) is 3.26. The molecule has 2 aromatic carbocycles. The van der Waals surface area contributed by atoms with Crippen LogP contribution in [0.4, 0.5) is 0 Å². The average molecular weight is 296 g/mol. The molecule has 0 saturated heterocycles. The average Bonchev–Trinajstić information content (AvgIpc) is 2.54. The minimum Gasteiger partial charge on any atom is -0.489 e. The largest absolute Gasteiger partial charge is 0.489 e. The summed E-state index contributed by atoms with van der Waals surface area (Å²) in [7, 11) is 0. The smallest absolute Gasteiger partial charge is 0.331 e. The Labute approximate surface area is 130 Å². The summed E-state index contributed by atoms with van der Waals surface area (Å²) in [5, 5.41) is 9.14. The van der Waals surface area contributed by atoms with E-state index in [1.165, 1.54) is 0 Å². The Morgan fingerprint density at radius 2 is 1.77 bits per heavy atom. The van der Waals surface area contributed by atoms with Crippen molar-refractivity contribution in [3.63, 3.8) is 0 Å². The van der Waals surface area contributed by atoms with Crippen LogP contribution in [0.5, 0.6) is 5.75 Å². The molecule has 0 spiro atoms. The van der Waals surface area contributed by atoms with Gasteiger partial charge in [-0.3, -0.25) is 0 Å². The highest BCUT2D eigenvalue weighted by molar-refractivity contribution is 5.92. The van der Waals surface area contributed by atoms with E-state index in [0.29, 0.717) is 18.6 Å². The molecule has 0 saturated carbocycles. The number of carboxylic acid groups (broad SMARTS) is 1. The summed E-state index contributed by atoms with van der Waals surface area (Å²) in [5.74, 6) is -0.0837. The van der Waals surface area contributed by atoms with Crippen LogP contribution in [0.25, 0.3) is 6.08 Å². The molecule has 0 aliphatic carbocycles. The Balaban J connectivity index is 2.00. The van der Waals surface area contributed by atoms with E-state index in [1.54, 1.807) is 6.08 Å². The van der Waals surface area contributed by atoms with Crippen LogP contribution >= 0.6 is 0 Å². The lowest BCUT2D eigenvalue weighted by Crippen LogP contribution is -2.00. The van der Waals surface area contributed by atoms with Gasteiger partial charge in [-0.25, -0.2) is 4.79 Å².